The van der Waals surface area contributed by atoms with Crippen molar-refractivity contribution in [3.63, 3.8) is 0 Å². The molecule has 0 bridgehead atoms. The lowest BCUT2D eigenvalue weighted by atomic mass is 10.1. The highest BCUT2D eigenvalue weighted by atomic mass is 127. The highest BCUT2D eigenvalue weighted by Gasteiger charge is 1.98. The summed E-state index contributed by atoms with van der Waals surface area (Å²) in [7, 11) is 0. The highest BCUT2D eigenvalue weighted by molar-refractivity contribution is 14.1. The third kappa shape index (κ3) is 1.92. The average Bonchev–Trinajstić information content (AvgIpc) is 1.94. The molecule has 1 aromatic carbocycles. The summed E-state index contributed by atoms with van der Waals surface area (Å²) in [5.74, 6) is -1.11. The van der Waals surface area contributed by atoms with Crippen LogP contribution in [0.2, 0.25) is 0 Å². The Labute approximate surface area is 78.4 Å². The van der Waals surface area contributed by atoms with Gasteiger partial charge >= 0.3 is 0 Å². The number of rotatable bonds is 1. The first kappa shape index (κ1) is 8.52. The number of carboxylic acids is 1. The second-order valence-electron chi connectivity index (χ2n) is 2.25. The molecule has 2 nitrogen and oxygen atoms in total. The second-order valence-corrected chi connectivity index (χ2v) is 3.49. The number of aryl methyl sites for hydroxylation is 1. The smallest absolute Gasteiger partial charge is 0.0718 e. The maximum absolute atomic E-state index is 10.5. The van der Waals surface area contributed by atoms with E-state index >= 15 is 0 Å². The standard InChI is InChI=1S/C8H7IO2/c1-5-2-3-6(9)4-7(5)8(10)11/h2-4H,1H3,(H,10,11)/p-1. The summed E-state index contributed by atoms with van der Waals surface area (Å²) in [6.07, 6.45) is 0. The van der Waals surface area contributed by atoms with Crippen LogP contribution in [-0.2, 0) is 0 Å². The lowest BCUT2D eigenvalue weighted by Gasteiger charge is -2.05. The van der Waals surface area contributed by atoms with Crippen molar-refractivity contribution in [3.05, 3.63) is 32.9 Å². The van der Waals surface area contributed by atoms with Crippen LogP contribution in [-0.4, -0.2) is 5.97 Å². The van der Waals surface area contributed by atoms with Crippen LogP contribution in [0.25, 0.3) is 0 Å². The van der Waals surface area contributed by atoms with Gasteiger partial charge in [-0.05, 0) is 47.2 Å². The molecule has 1 aromatic rings. The van der Waals surface area contributed by atoms with Crippen LogP contribution in [0.1, 0.15) is 15.9 Å². The van der Waals surface area contributed by atoms with E-state index in [4.69, 9.17) is 0 Å². The number of benzene rings is 1. The molecule has 0 atom stereocenters. The largest absolute Gasteiger partial charge is 0.545 e. The first-order chi connectivity index (χ1) is 5.11. The minimum atomic E-state index is -1.11. The topological polar surface area (TPSA) is 40.1 Å². The molecule has 0 aliphatic rings. The molecule has 0 aromatic heterocycles. The van der Waals surface area contributed by atoms with Crippen molar-refractivity contribution >= 4 is 28.6 Å². The van der Waals surface area contributed by atoms with Gasteiger partial charge < -0.3 is 9.90 Å². The molecule has 0 heterocycles. The third-order valence-corrected chi connectivity index (χ3v) is 2.09. The molecule has 0 saturated heterocycles. The maximum atomic E-state index is 10.5. The number of carboxylic acid groups (broad SMARTS) is 1. The molecule has 0 aliphatic carbocycles. The number of aromatic carboxylic acids is 1. The van der Waals surface area contributed by atoms with E-state index in [1.807, 2.05) is 6.07 Å². The van der Waals surface area contributed by atoms with Crippen LogP contribution < -0.4 is 5.11 Å². The number of hydrogen-bond acceptors (Lipinski definition) is 2. The predicted molar refractivity (Wildman–Crippen MR) is 48.2 cm³/mol. The molecule has 0 saturated carbocycles. The molecule has 1 rings (SSSR count). The molecule has 3 heteroatoms. The molecular formula is C8H6IO2-. The number of hydrogen-bond donors (Lipinski definition) is 0. The van der Waals surface area contributed by atoms with Crippen LogP contribution >= 0.6 is 22.6 Å². The molecule has 0 unspecified atom stereocenters. The summed E-state index contributed by atoms with van der Waals surface area (Å²) >= 11 is 2.06. The molecule has 0 amide bonds. The lowest BCUT2D eigenvalue weighted by molar-refractivity contribution is -0.255. The van der Waals surface area contributed by atoms with E-state index < -0.39 is 5.97 Å². The van der Waals surface area contributed by atoms with Gasteiger partial charge in [-0.25, -0.2) is 0 Å². The van der Waals surface area contributed by atoms with Crippen LogP contribution in [0.15, 0.2) is 18.2 Å². The summed E-state index contributed by atoms with van der Waals surface area (Å²) in [4.78, 5) is 10.5. The monoisotopic (exact) mass is 261 g/mol. The molecule has 0 N–H and O–H groups in total. The van der Waals surface area contributed by atoms with Crippen LogP contribution in [0.5, 0.6) is 0 Å². The van der Waals surface area contributed by atoms with Gasteiger partial charge in [-0.2, -0.15) is 0 Å². The number of halogens is 1. The molecule has 11 heavy (non-hydrogen) atoms. The van der Waals surface area contributed by atoms with Crippen molar-refractivity contribution in [3.8, 4) is 0 Å². The van der Waals surface area contributed by atoms with Crippen molar-refractivity contribution in [2.24, 2.45) is 0 Å². The Kier molecular flexibility index (Phi) is 2.49. The Morgan fingerprint density at radius 1 is 1.55 bits per heavy atom. The predicted octanol–water partition coefficient (Wildman–Crippen LogP) is 0.963. The van der Waals surface area contributed by atoms with E-state index in [9.17, 15) is 9.90 Å². The minimum absolute atomic E-state index is 0.275. The summed E-state index contributed by atoms with van der Waals surface area (Å²) in [6.45, 7) is 1.75. The van der Waals surface area contributed by atoms with Crippen molar-refractivity contribution in [1.29, 1.82) is 0 Å². The molecule has 0 radical (unpaired) electrons. The Bertz CT molecular complexity index is 294. The fraction of sp³-hybridized carbons (Fsp3) is 0.125. The fourth-order valence-corrected chi connectivity index (χ4v) is 1.31. The normalized spacial score (nSPS) is 9.64. The van der Waals surface area contributed by atoms with Crippen LogP contribution in [0.4, 0.5) is 0 Å². The van der Waals surface area contributed by atoms with Gasteiger partial charge in [-0.3, -0.25) is 0 Å². The second kappa shape index (κ2) is 3.21. The first-order valence-corrected chi connectivity index (χ1v) is 4.16. The van der Waals surface area contributed by atoms with Crippen LogP contribution in [0, 0.1) is 10.5 Å². The van der Waals surface area contributed by atoms with E-state index in [-0.39, 0.29) is 5.56 Å². The van der Waals surface area contributed by atoms with Gasteiger partial charge in [0.2, 0.25) is 0 Å². The molecule has 0 fully saturated rings. The molecule has 0 aliphatic heterocycles. The van der Waals surface area contributed by atoms with Crippen LogP contribution in [0.3, 0.4) is 0 Å². The van der Waals surface area contributed by atoms with E-state index in [1.54, 1.807) is 19.1 Å². The fourth-order valence-electron chi connectivity index (χ4n) is 0.814. The van der Waals surface area contributed by atoms with Crippen molar-refractivity contribution < 1.29 is 9.90 Å². The van der Waals surface area contributed by atoms with E-state index in [0.29, 0.717) is 0 Å². The zero-order valence-corrected chi connectivity index (χ0v) is 8.08. The van der Waals surface area contributed by atoms with E-state index in [1.165, 1.54) is 0 Å². The zero-order valence-electron chi connectivity index (χ0n) is 5.93. The summed E-state index contributed by atoms with van der Waals surface area (Å²) in [5.41, 5.74) is 1.02. The molecule has 58 valence electrons. The SMILES string of the molecule is Cc1ccc(I)cc1C(=O)[O-]. The molecular weight excluding hydrogens is 255 g/mol. The lowest BCUT2D eigenvalue weighted by Crippen LogP contribution is -2.23. The van der Waals surface area contributed by atoms with Gasteiger partial charge in [-0.1, -0.05) is 6.07 Å². The third-order valence-electron chi connectivity index (χ3n) is 1.42. The molecule has 0 spiro atoms. The average molecular weight is 261 g/mol. The van der Waals surface area contributed by atoms with E-state index in [2.05, 4.69) is 22.6 Å². The number of carbonyl (C=O) groups excluding carboxylic acids is 1. The van der Waals surface area contributed by atoms with Gasteiger partial charge in [0.15, 0.2) is 0 Å². The summed E-state index contributed by atoms with van der Waals surface area (Å²) in [5, 5.41) is 10.5. The Hall–Kier alpha value is -0.580. The zero-order chi connectivity index (χ0) is 8.43. The van der Waals surface area contributed by atoms with Gasteiger partial charge in [0.05, 0.1) is 5.97 Å². The minimum Gasteiger partial charge on any atom is -0.545 e. The van der Waals surface area contributed by atoms with Gasteiger partial charge in [0, 0.05) is 9.13 Å². The van der Waals surface area contributed by atoms with Crippen molar-refractivity contribution in [2.45, 2.75) is 6.92 Å². The van der Waals surface area contributed by atoms with Gasteiger partial charge in [0.1, 0.15) is 0 Å². The van der Waals surface area contributed by atoms with Crippen molar-refractivity contribution in [2.75, 3.05) is 0 Å². The summed E-state index contributed by atoms with van der Waals surface area (Å²) < 4.78 is 0.910. The number of carbonyl (C=O) groups is 1. The Balaban J connectivity index is 3.23. The Morgan fingerprint density at radius 2 is 2.18 bits per heavy atom. The maximum Gasteiger partial charge on any atom is 0.0718 e. The van der Waals surface area contributed by atoms with Gasteiger partial charge in [0.25, 0.3) is 0 Å². The van der Waals surface area contributed by atoms with Crippen molar-refractivity contribution in [1.82, 2.24) is 0 Å². The van der Waals surface area contributed by atoms with E-state index in [0.717, 1.165) is 9.13 Å². The first-order valence-electron chi connectivity index (χ1n) is 3.09. The highest BCUT2D eigenvalue weighted by Crippen LogP contribution is 2.11. The van der Waals surface area contributed by atoms with Gasteiger partial charge in [-0.15, -0.1) is 0 Å². The Morgan fingerprint density at radius 3 is 2.64 bits per heavy atom. The summed E-state index contributed by atoms with van der Waals surface area (Å²) in [6, 6.07) is 5.24. The quantitative estimate of drug-likeness (QED) is 0.706.